The van der Waals surface area contributed by atoms with E-state index in [1.807, 2.05) is 0 Å². The lowest BCUT2D eigenvalue weighted by Gasteiger charge is -2.29. The molecular formula is C14H22FN3O4S2. The molecule has 0 saturated carbocycles. The van der Waals surface area contributed by atoms with E-state index in [1.54, 1.807) is 6.92 Å². The number of halogens is 1. The molecule has 136 valence electrons. The number of sulfonamides is 2. The van der Waals surface area contributed by atoms with Gasteiger partial charge in [0.25, 0.3) is 0 Å². The standard InChI is InChI=1S/C14H22FN3O4S2/c1-2-9-23(19,20)17-14-4-3-12(10-13(14)15)24(21,22)18-7-5-11(16)6-8-18/h3-4,10-11,17H,2,5-9,16H2,1H3. The highest BCUT2D eigenvalue weighted by Gasteiger charge is 2.29. The highest BCUT2D eigenvalue weighted by atomic mass is 32.2. The SMILES string of the molecule is CCCS(=O)(=O)Nc1ccc(S(=O)(=O)N2CCC(N)CC2)cc1F. The summed E-state index contributed by atoms with van der Waals surface area (Å²) in [7, 11) is -7.46. The quantitative estimate of drug-likeness (QED) is 0.769. The van der Waals surface area contributed by atoms with Gasteiger partial charge in [-0.3, -0.25) is 4.72 Å². The molecule has 0 aromatic heterocycles. The van der Waals surface area contributed by atoms with Gasteiger partial charge in [-0.15, -0.1) is 0 Å². The summed E-state index contributed by atoms with van der Waals surface area (Å²) >= 11 is 0. The van der Waals surface area contributed by atoms with E-state index in [2.05, 4.69) is 4.72 Å². The maximum Gasteiger partial charge on any atom is 0.243 e. The summed E-state index contributed by atoms with van der Waals surface area (Å²) in [5, 5.41) is 0. The third-order valence-electron chi connectivity index (χ3n) is 3.82. The van der Waals surface area contributed by atoms with Crippen molar-refractivity contribution < 1.29 is 21.2 Å². The van der Waals surface area contributed by atoms with Gasteiger partial charge in [0.05, 0.1) is 16.3 Å². The number of hydrogen-bond acceptors (Lipinski definition) is 5. The zero-order chi connectivity index (χ0) is 18.0. The maximum atomic E-state index is 14.2. The number of anilines is 1. The first-order valence-electron chi connectivity index (χ1n) is 7.71. The second-order valence-corrected chi connectivity index (χ2v) is 9.58. The van der Waals surface area contributed by atoms with Crippen LogP contribution in [-0.2, 0) is 20.0 Å². The molecule has 1 fully saturated rings. The van der Waals surface area contributed by atoms with Gasteiger partial charge in [0, 0.05) is 19.1 Å². The van der Waals surface area contributed by atoms with Crippen molar-refractivity contribution in [3.05, 3.63) is 24.0 Å². The second-order valence-electron chi connectivity index (χ2n) is 5.80. The average Bonchev–Trinajstić information content (AvgIpc) is 2.49. The molecule has 0 spiro atoms. The minimum atomic E-state index is -3.82. The van der Waals surface area contributed by atoms with Crippen LogP contribution in [0, 0.1) is 5.82 Å². The van der Waals surface area contributed by atoms with Crippen molar-refractivity contribution >= 4 is 25.7 Å². The fraction of sp³-hybridized carbons (Fsp3) is 0.571. The van der Waals surface area contributed by atoms with Gasteiger partial charge in [-0.2, -0.15) is 4.31 Å². The largest absolute Gasteiger partial charge is 0.328 e. The molecule has 0 atom stereocenters. The minimum Gasteiger partial charge on any atom is -0.328 e. The molecular weight excluding hydrogens is 357 g/mol. The molecule has 1 saturated heterocycles. The van der Waals surface area contributed by atoms with Crippen LogP contribution in [0.1, 0.15) is 26.2 Å². The minimum absolute atomic E-state index is 0.0245. The third-order valence-corrected chi connectivity index (χ3v) is 7.19. The van der Waals surface area contributed by atoms with Crippen molar-refractivity contribution in [2.24, 2.45) is 5.73 Å². The van der Waals surface area contributed by atoms with Gasteiger partial charge in [-0.1, -0.05) is 6.92 Å². The molecule has 1 aromatic carbocycles. The maximum absolute atomic E-state index is 14.2. The molecule has 1 aliphatic rings. The fourth-order valence-corrected chi connectivity index (χ4v) is 5.11. The normalized spacial score (nSPS) is 17.8. The van der Waals surface area contributed by atoms with Gasteiger partial charge in [-0.05, 0) is 37.5 Å². The number of benzene rings is 1. The lowest BCUT2D eigenvalue weighted by atomic mass is 10.1. The summed E-state index contributed by atoms with van der Waals surface area (Å²) in [6.45, 7) is 2.27. The molecule has 0 bridgehead atoms. The molecule has 1 aliphatic heterocycles. The van der Waals surface area contributed by atoms with E-state index in [1.165, 1.54) is 10.4 Å². The molecule has 2 rings (SSSR count). The Morgan fingerprint density at radius 2 is 1.88 bits per heavy atom. The monoisotopic (exact) mass is 379 g/mol. The Bertz CT molecular complexity index is 788. The molecule has 24 heavy (non-hydrogen) atoms. The van der Waals surface area contributed by atoms with E-state index in [0.29, 0.717) is 19.3 Å². The Morgan fingerprint density at radius 3 is 2.42 bits per heavy atom. The number of nitrogens with one attached hydrogen (secondary N) is 1. The van der Waals surface area contributed by atoms with Crippen molar-refractivity contribution in [2.45, 2.75) is 37.1 Å². The molecule has 1 heterocycles. The van der Waals surface area contributed by atoms with Crippen LogP contribution in [0.2, 0.25) is 0 Å². The van der Waals surface area contributed by atoms with Gasteiger partial charge < -0.3 is 5.73 Å². The van der Waals surface area contributed by atoms with E-state index in [4.69, 9.17) is 5.73 Å². The van der Waals surface area contributed by atoms with Crippen LogP contribution in [0.25, 0.3) is 0 Å². The molecule has 7 nitrogen and oxygen atoms in total. The fourth-order valence-electron chi connectivity index (χ4n) is 2.49. The first kappa shape index (κ1) is 19.1. The Balaban J connectivity index is 2.22. The van der Waals surface area contributed by atoms with E-state index in [-0.39, 0.29) is 35.5 Å². The number of nitrogens with two attached hydrogens (primary N) is 1. The zero-order valence-electron chi connectivity index (χ0n) is 13.4. The first-order valence-corrected chi connectivity index (χ1v) is 10.8. The van der Waals surface area contributed by atoms with Crippen molar-refractivity contribution in [3.8, 4) is 0 Å². The van der Waals surface area contributed by atoms with Crippen LogP contribution in [0.5, 0.6) is 0 Å². The molecule has 10 heteroatoms. The lowest BCUT2D eigenvalue weighted by molar-refractivity contribution is 0.320. The molecule has 3 N–H and O–H groups in total. The third kappa shape index (κ3) is 4.44. The summed E-state index contributed by atoms with van der Waals surface area (Å²) in [5.41, 5.74) is 5.50. The van der Waals surface area contributed by atoms with Crippen molar-refractivity contribution in [1.29, 1.82) is 0 Å². The molecule has 0 amide bonds. The van der Waals surface area contributed by atoms with Crippen molar-refractivity contribution in [3.63, 3.8) is 0 Å². The van der Waals surface area contributed by atoms with E-state index < -0.39 is 25.9 Å². The number of hydrogen-bond donors (Lipinski definition) is 2. The average molecular weight is 379 g/mol. The summed E-state index contributed by atoms with van der Waals surface area (Å²) < 4.78 is 66.0. The van der Waals surface area contributed by atoms with E-state index >= 15 is 0 Å². The zero-order valence-corrected chi connectivity index (χ0v) is 15.0. The van der Waals surface area contributed by atoms with Crippen LogP contribution in [0.4, 0.5) is 10.1 Å². The molecule has 0 radical (unpaired) electrons. The van der Waals surface area contributed by atoms with Crippen LogP contribution >= 0.6 is 0 Å². The van der Waals surface area contributed by atoms with Gasteiger partial charge >= 0.3 is 0 Å². The summed E-state index contributed by atoms with van der Waals surface area (Å²) in [6.07, 6.45) is 1.49. The highest BCUT2D eigenvalue weighted by Crippen LogP contribution is 2.24. The number of nitrogens with zero attached hydrogens (tertiary/aromatic N) is 1. The summed E-state index contributed by atoms with van der Waals surface area (Å²) in [6, 6.07) is 3.15. The van der Waals surface area contributed by atoms with Gasteiger partial charge in [0.1, 0.15) is 5.82 Å². The Kier molecular flexibility index (Phi) is 5.84. The van der Waals surface area contributed by atoms with Gasteiger partial charge in [0.2, 0.25) is 20.0 Å². The highest BCUT2D eigenvalue weighted by molar-refractivity contribution is 7.92. The lowest BCUT2D eigenvalue weighted by Crippen LogP contribution is -2.42. The molecule has 1 aromatic rings. The van der Waals surface area contributed by atoms with Gasteiger partial charge in [0.15, 0.2) is 0 Å². The van der Waals surface area contributed by atoms with Crippen molar-refractivity contribution in [1.82, 2.24) is 4.31 Å². The Morgan fingerprint density at radius 1 is 1.25 bits per heavy atom. The molecule has 0 unspecified atom stereocenters. The predicted molar refractivity (Wildman–Crippen MR) is 90.1 cm³/mol. The van der Waals surface area contributed by atoms with Gasteiger partial charge in [-0.25, -0.2) is 21.2 Å². The Hall–Kier alpha value is -1.23. The summed E-state index contributed by atoms with van der Waals surface area (Å²) in [4.78, 5) is -0.200. The topological polar surface area (TPSA) is 110 Å². The predicted octanol–water partition coefficient (Wildman–Crippen LogP) is 1.09. The van der Waals surface area contributed by atoms with Crippen LogP contribution < -0.4 is 10.5 Å². The van der Waals surface area contributed by atoms with Crippen LogP contribution in [0.15, 0.2) is 23.1 Å². The van der Waals surface area contributed by atoms with Crippen LogP contribution in [0.3, 0.4) is 0 Å². The second kappa shape index (κ2) is 7.34. The van der Waals surface area contributed by atoms with E-state index in [9.17, 15) is 21.2 Å². The first-order chi connectivity index (χ1) is 11.2. The van der Waals surface area contributed by atoms with Crippen LogP contribution in [-0.4, -0.2) is 46.0 Å². The molecule has 0 aliphatic carbocycles. The summed E-state index contributed by atoms with van der Waals surface area (Å²) in [5.74, 6) is -1.06. The van der Waals surface area contributed by atoms with E-state index in [0.717, 1.165) is 12.1 Å². The number of piperidine rings is 1. The smallest absolute Gasteiger partial charge is 0.243 e. The van der Waals surface area contributed by atoms with Crippen molar-refractivity contribution in [2.75, 3.05) is 23.6 Å². The Labute approximate surface area is 142 Å². The number of rotatable bonds is 6.